The maximum absolute atomic E-state index is 11.9. The van der Waals surface area contributed by atoms with Crippen molar-refractivity contribution in [1.82, 2.24) is 4.90 Å². The molecular weight excluding hydrogens is 236 g/mol. The van der Waals surface area contributed by atoms with Crippen molar-refractivity contribution in [2.24, 2.45) is 5.73 Å². The average Bonchev–Trinajstić information content (AvgIpc) is 2.56. The Morgan fingerprint density at radius 1 is 1.47 bits per heavy atom. The van der Waals surface area contributed by atoms with Crippen molar-refractivity contribution in [2.45, 2.75) is 31.8 Å². The molecule has 17 heavy (non-hydrogen) atoms. The Morgan fingerprint density at radius 2 is 2.18 bits per heavy atom. The molecule has 0 aromatic heterocycles. The number of benzene rings is 1. The zero-order valence-corrected chi connectivity index (χ0v) is 10.7. The average molecular weight is 253 g/mol. The first kappa shape index (κ1) is 12.4. The molecule has 1 fully saturated rings. The van der Waals surface area contributed by atoms with Gasteiger partial charge < -0.3 is 10.6 Å². The fourth-order valence-corrected chi connectivity index (χ4v) is 2.68. The standard InChI is InChI=1S/C13H17ClN2O/c1-2-7-16-12(17)8-11(15)13(16)9-5-3-4-6-10(9)14/h3-6,11,13H,2,7-8,15H2,1H3. The molecule has 1 heterocycles. The number of carbonyl (C=O) groups is 1. The van der Waals surface area contributed by atoms with E-state index in [0.717, 1.165) is 18.5 Å². The third-order valence-corrected chi connectivity index (χ3v) is 3.50. The van der Waals surface area contributed by atoms with Crippen LogP contribution in [0.25, 0.3) is 0 Å². The van der Waals surface area contributed by atoms with Crippen LogP contribution in [0.15, 0.2) is 24.3 Å². The summed E-state index contributed by atoms with van der Waals surface area (Å²) in [4.78, 5) is 13.7. The van der Waals surface area contributed by atoms with E-state index in [1.807, 2.05) is 29.2 Å². The second-order valence-corrected chi connectivity index (χ2v) is 4.83. The van der Waals surface area contributed by atoms with Crippen molar-refractivity contribution < 1.29 is 4.79 Å². The Kier molecular flexibility index (Phi) is 3.69. The molecule has 2 unspecified atom stereocenters. The Labute approximate surface area is 107 Å². The fourth-order valence-electron chi connectivity index (χ4n) is 2.43. The molecule has 1 aliphatic heterocycles. The first-order valence-electron chi connectivity index (χ1n) is 5.94. The number of likely N-dealkylation sites (tertiary alicyclic amines) is 1. The summed E-state index contributed by atoms with van der Waals surface area (Å²) in [6.45, 7) is 2.79. The predicted octanol–water partition coefficient (Wildman–Crippen LogP) is 2.35. The monoisotopic (exact) mass is 252 g/mol. The smallest absolute Gasteiger partial charge is 0.224 e. The number of rotatable bonds is 3. The number of hydrogen-bond donors (Lipinski definition) is 1. The number of hydrogen-bond acceptors (Lipinski definition) is 2. The molecule has 0 spiro atoms. The highest BCUT2D eigenvalue weighted by molar-refractivity contribution is 6.31. The van der Waals surface area contributed by atoms with Gasteiger partial charge in [-0.2, -0.15) is 0 Å². The maximum Gasteiger partial charge on any atom is 0.224 e. The molecule has 2 rings (SSSR count). The van der Waals surface area contributed by atoms with E-state index >= 15 is 0 Å². The maximum atomic E-state index is 11.9. The molecule has 1 amide bonds. The van der Waals surface area contributed by atoms with Gasteiger partial charge in [-0.3, -0.25) is 4.79 Å². The largest absolute Gasteiger partial charge is 0.334 e. The predicted molar refractivity (Wildman–Crippen MR) is 68.8 cm³/mol. The summed E-state index contributed by atoms with van der Waals surface area (Å²) in [6.07, 6.45) is 1.34. The van der Waals surface area contributed by atoms with Gasteiger partial charge in [0.05, 0.1) is 6.04 Å². The van der Waals surface area contributed by atoms with Gasteiger partial charge in [0.25, 0.3) is 0 Å². The molecule has 1 aromatic rings. The molecule has 0 radical (unpaired) electrons. The summed E-state index contributed by atoms with van der Waals surface area (Å²) in [6, 6.07) is 7.38. The van der Waals surface area contributed by atoms with Crippen molar-refractivity contribution in [3.63, 3.8) is 0 Å². The molecule has 92 valence electrons. The minimum absolute atomic E-state index is 0.0730. The van der Waals surface area contributed by atoms with Crippen LogP contribution in [-0.4, -0.2) is 23.4 Å². The van der Waals surface area contributed by atoms with Crippen molar-refractivity contribution in [1.29, 1.82) is 0 Å². The summed E-state index contributed by atoms with van der Waals surface area (Å²) in [5.74, 6) is 0.129. The lowest BCUT2D eigenvalue weighted by molar-refractivity contribution is -0.129. The van der Waals surface area contributed by atoms with Gasteiger partial charge in [0.15, 0.2) is 0 Å². The van der Waals surface area contributed by atoms with E-state index in [2.05, 4.69) is 6.92 Å². The molecule has 2 N–H and O–H groups in total. The van der Waals surface area contributed by atoms with Crippen molar-refractivity contribution in [3.05, 3.63) is 34.9 Å². The van der Waals surface area contributed by atoms with Crippen molar-refractivity contribution >= 4 is 17.5 Å². The Balaban J connectivity index is 2.35. The summed E-state index contributed by atoms with van der Waals surface area (Å²) in [5.41, 5.74) is 7.03. The normalized spacial score (nSPS) is 24.4. The first-order chi connectivity index (χ1) is 8.15. The lowest BCUT2D eigenvalue weighted by Gasteiger charge is -2.27. The van der Waals surface area contributed by atoms with Crippen LogP contribution in [0.1, 0.15) is 31.4 Å². The van der Waals surface area contributed by atoms with Crippen LogP contribution in [-0.2, 0) is 4.79 Å². The highest BCUT2D eigenvalue weighted by Crippen LogP contribution is 2.35. The van der Waals surface area contributed by atoms with E-state index in [-0.39, 0.29) is 18.0 Å². The molecule has 0 bridgehead atoms. The van der Waals surface area contributed by atoms with E-state index in [1.54, 1.807) is 0 Å². The van der Waals surface area contributed by atoms with E-state index < -0.39 is 0 Å². The fraction of sp³-hybridized carbons (Fsp3) is 0.462. The summed E-state index contributed by atoms with van der Waals surface area (Å²) in [5, 5.41) is 0.684. The molecule has 2 atom stereocenters. The number of amides is 1. The molecule has 1 aromatic carbocycles. The van der Waals surface area contributed by atoms with Crippen LogP contribution in [0.3, 0.4) is 0 Å². The van der Waals surface area contributed by atoms with E-state index in [1.165, 1.54) is 0 Å². The van der Waals surface area contributed by atoms with Gasteiger partial charge in [0.2, 0.25) is 5.91 Å². The number of halogens is 1. The van der Waals surface area contributed by atoms with Crippen LogP contribution in [0.4, 0.5) is 0 Å². The highest BCUT2D eigenvalue weighted by Gasteiger charge is 2.38. The van der Waals surface area contributed by atoms with Gasteiger partial charge in [-0.15, -0.1) is 0 Å². The third-order valence-electron chi connectivity index (χ3n) is 3.16. The van der Waals surface area contributed by atoms with Gasteiger partial charge in [-0.1, -0.05) is 36.7 Å². The quantitative estimate of drug-likeness (QED) is 0.898. The van der Waals surface area contributed by atoms with Crippen LogP contribution in [0, 0.1) is 0 Å². The van der Waals surface area contributed by atoms with Gasteiger partial charge in [0.1, 0.15) is 0 Å². The molecule has 0 aliphatic carbocycles. The van der Waals surface area contributed by atoms with Gasteiger partial charge in [-0.25, -0.2) is 0 Å². The third kappa shape index (κ3) is 2.31. The van der Waals surface area contributed by atoms with Gasteiger partial charge >= 0.3 is 0 Å². The molecular formula is C13H17ClN2O. The minimum Gasteiger partial charge on any atom is -0.334 e. The zero-order valence-electron chi connectivity index (χ0n) is 9.90. The van der Waals surface area contributed by atoms with Crippen LogP contribution < -0.4 is 5.73 Å². The zero-order chi connectivity index (χ0) is 12.4. The minimum atomic E-state index is -0.158. The molecule has 1 aliphatic rings. The van der Waals surface area contributed by atoms with Crippen molar-refractivity contribution in [3.8, 4) is 0 Å². The second-order valence-electron chi connectivity index (χ2n) is 4.42. The topological polar surface area (TPSA) is 46.3 Å². The van der Waals surface area contributed by atoms with Crippen LogP contribution in [0.5, 0.6) is 0 Å². The lowest BCUT2D eigenvalue weighted by atomic mass is 10.0. The van der Waals surface area contributed by atoms with Crippen LogP contribution >= 0.6 is 11.6 Å². The highest BCUT2D eigenvalue weighted by atomic mass is 35.5. The summed E-state index contributed by atoms with van der Waals surface area (Å²) < 4.78 is 0. The Bertz CT molecular complexity index is 422. The van der Waals surface area contributed by atoms with Gasteiger partial charge in [0, 0.05) is 24.0 Å². The van der Waals surface area contributed by atoms with Gasteiger partial charge in [-0.05, 0) is 18.1 Å². The Morgan fingerprint density at radius 3 is 2.82 bits per heavy atom. The molecule has 4 heteroatoms. The Hall–Kier alpha value is -1.06. The number of carbonyl (C=O) groups excluding carboxylic acids is 1. The molecule has 3 nitrogen and oxygen atoms in total. The summed E-state index contributed by atoms with van der Waals surface area (Å²) in [7, 11) is 0. The molecule has 0 saturated carbocycles. The van der Waals surface area contributed by atoms with E-state index in [4.69, 9.17) is 17.3 Å². The van der Waals surface area contributed by atoms with Crippen molar-refractivity contribution in [2.75, 3.05) is 6.54 Å². The SMILES string of the molecule is CCCN1C(=O)CC(N)C1c1ccccc1Cl. The number of nitrogens with two attached hydrogens (primary N) is 1. The number of nitrogens with zero attached hydrogens (tertiary/aromatic N) is 1. The second kappa shape index (κ2) is 5.07. The van der Waals surface area contributed by atoms with E-state index in [9.17, 15) is 4.79 Å². The molecule has 1 saturated heterocycles. The lowest BCUT2D eigenvalue weighted by Crippen LogP contribution is -2.33. The van der Waals surface area contributed by atoms with Crippen LogP contribution in [0.2, 0.25) is 5.02 Å². The summed E-state index contributed by atoms with van der Waals surface area (Å²) >= 11 is 6.19. The van der Waals surface area contributed by atoms with E-state index in [0.29, 0.717) is 11.4 Å². The first-order valence-corrected chi connectivity index (χ1v) is 6.32.